The number of piperazine rings is 1. The summed E-state index contributed by atoms with van der Waals surface area (Å²) in [7, 11) is 0. The molecule has 2 N–H and O–H groups in total. The molecule has 1 aliphatic heterocycles. The summed E-state index contributed by atoms with van der Waals surface area (Å²) in [5, 5.41) is 12.6. The summed E-state index contributed by atoms with van der Waals surface area (Å²) < 4.78 is 68.9. The molecule has 3 nitrogen and oxygen atoms in total. The Kier molecular flexibility index (Phi) is 5.27. The van der Waals surface area contributed by atoms with Gasteiger partial charge in [-0.1, -0.05) is 13.8 Å². The Hall–Kier alpha value is -1.25. The standard InChI is InChI=1S/C15H19F5N2O/c1-15(2,7-23)14(22-5-3-21-4-6-22)8-9(16)11(18)13(20)12(19)10(8)17/h14,21,23H,3-7H2,1-2H3/t14-/m0/s1. The fourth-order valence-electron chi connectivity index (χ4n) is 2.96. The molecule has 1 saturated heterocycles. The molecular formula is C15H19F5N2O. The van der Waals surface area contributed by atoms with E-state index in [1.807, 2.05) is 0 Å². The normalized spacial score (nSPS) is 18.3. The topological polar surface area (TPSA) is 35.5 Å². The van der Waals surface area contributed by atoms with Gasteiger partial charge in [0, 0.05) is 49.8 Å². The molecule has 23 heavy (non-hydrogen) atoms. The minimum atomic E-state index is -2.18. The van der Waals surface area contributed by atoms with Crippen molar-refractivity contribution < 1.29 is 27.1 Å². The summed E-state index contributed by atoms with van der Waals surface area (Å²) in [4.78, 5) is 1.63. The van der Waals surface area contributed by atoms with Crippen molar-refractivity contribution in [3.63, 3.8) is 0 Å². The predicted molar refractivity (Wildman–Crippen MR) is 74.3 cm³/mol. The van der Waals surface area contributed by atoms with E-state index < -0.39 is 52.7 Å². The Bertz CT molecular complexity index is 559. The molecule has 0 amide bonds. The number of hydrogen-bond donors (Lipinski definition) is 2. The van der Waals surface area contributed by atoms with Crippen LogP contribution in [0.15, 0.2) is 0 Å². The van der Waals surface area contributed by atoms with Crippen LogP contribution >= 0.6 is 0 Å². The van der Waals surface area contributed by atoms with Crippen molar-refractivity contribution in [2.45, 2.75) is 19.9 Å². The average Bonchev–Trinajstić information content (AvgIpc) is 2.55. The first-order valence-electron chi connectivity index (χ1n) is 7.29. The smallest absolute Gasteiger partial charge is 0.200 e. The Morgan fingerprint density at radius 1 is 0.957 bits per heavy atom. The quantitative estimate of drug-likeness (QED) is 0.503. The molecule has 1 aromatic rings. The third kappa shape index (κ3) is 3.20. The third-order valence-corrected chi connectivity index (χ3v) is 4.18. The van der Waals surface area contributed by atoms with Gasteiger partial charge in [0.2, 0.25) is 5.82 Å². The molecular weight excluding hydrogens is 319 g/mol. The molecule has 130 valence electrons. The average molecular weight is 338 g/mol. The summed E-state index contributed by atoms with van der Waals surface area (Å²) in [5.74, 6) is -9.79. The van der Waals surface area contributed by atoms with Gasteiger partial charge in [-0.05, 0) is 0 Å². The Balaban J connectivity index is 2.65. The van der Waals surface area contributed by atoms with Crippen LogP contribution in [0.3, 0.4) is 0 Å². The van der Waals surface area contributed by atoms with Crippen molar-refractivity contribution in [1.29, 1.82) is 0 Å². The van der Waals surface area contributed by atoms with Crippen molar-refractivity contribution in [3.05, 3.63) is 34.6 Å². The lowest BCUT2D eigenvalue weighted by Gasteiger charge is -2.43. The van der Waals surface area contributed by atoms with Crippen molar-refractivity contribution in [1.82, 2.24) is 10.2 Å². The van der Waals surface area contributed by atoms with Crippen LogP contribution in [-0.2, 0) is 0 Å². The second kappa shape index (κ2) is 6.70. The van der Waals surface area contributed by atoms with Crippen molar-refractivity contribution in [2.75, 3.05) is 32.8 Å². The molecule has 1 aromatic carbocycles. The van der Waals surface area contributed by atoms with Crippen LogP contribution in [0.5, 0.6) is 0 Å². The number of halogens is 5. The van der Waals surface area contributed by atoms with Gasteiger partial charge in [0.05, 0.1) is 0 Å². The van der Waals surface area contributed by atoms with Crippen LogP contribution in [-0.4, -0.2) is 42.8 Å². The van der Waals surface area contributed by atoms with Crippen LogP contribution in [0.1, 0.15) is 25.5 Å². The number of nitrogens with zero attached hydrogens (tertiary/aromatic N) is 1. The number of benzene rings is 1. The van der Waals surface area contributed by atoms with Crippen LogP contribution in [0, 0.1) is 34.5 Å². The highest BCUT2D eigenvalue weighted by Gasteiger charge is 2.41. The third-order valence-electron chi connectivity index (χ3n) is 4.18. The predicted octanol–water partition coefficient (Wildman–Crippen LogP) is 2.35. The molecule has 1 heterocycles. The van der Waals surface area contributed by atoms with Gasteiger partial charge in [0.15, 0.2) is 23.3 Å². The number of rotatable bonds is 4. The summed E-state index contributed by atoms with van der Waals surface area (Å²) in [6.45, 7) is 4.36. The summed E-state index contributed by atoms with van der Waals surface area (Å²) >= 11 is 0. The summed E-state index contributed by atoms with van der Waals surface area (Å²) in [6.07, 6.45) is 0. The van der Waals surface area contributed by atoms with Gasteiger partial charge in [-0.25, -0.2) is 22.0 Å². The SMILES string of the molecule is CC(C)(CO)[C@H](c1c(F)c(F)c(F)c(F)c1F)N1CCNCC1. The van der Waals surface area contributed by atoms with Crippen LogP contribution < -0.4 is 5.32 Å². The first kappa shape index (κ1) is 18.1. The van der Waals surface area contributed by atoms with E-state index in [0.717, 1.165) is 0 Å². The number of aliphatic hydroxyl groups is 1. The summed E-state index contributed by atoms with van der Waals surface area (Å²) in [6, 6.07) is -1.14. The minimum Gasteiger partial charge on any atom is -0.396 e. The highest BCUT2D eigenvalue weighted by Crippen LogP contribution is 2.42. The fraction of sp³-hybridized carbons (Fsp3) is 0.600. The van der Waals surface area contributed by atoms with E-state index in [-0.39, 0.29) is 0 Å². The highest BCUT2D eigenvalue weighted by atomic mass is 19.2. The van der Waals surface area contributed by atoms with E-state index in [0.29, 0.717) is 26.2 Å². The second-order valence-electron chi connectivity index (χ2n) is 6.32. The van der Waals surface area contributed by atoms with E-state index in [1.54, 1.807) is 4.90 Å². The molecule has 8 heteroatoms. The van der Waals surface area contributed by atoms with Gasteiger partial charge in [-0.2, -0.15) is 0 Å². The number of hydrogen-bond acceptors (Lipinski definition) is 3. The van der Waals surface area contributed by atoms with E-state index in [2.05, 4.69) is 5.32 Å². The largest absolute Gasteiger partial charge is 0.396 e. The van der Waals surface area contributed by atoms with Crippen molar-refractivity contribution in [2.24, 2.45) is 5.41 Å². The molecule has 0 bridgehead atoms. The lowest BCUT2D eigenvalue weighted by atomic mass is 9.79. The van der Waals surface area contributed by atoms with Crippen LogP contribution in [0.2, 0.25) is 0 Å². The maximum atomic E-state index is 14.2. The molecule has 2 rings (SSSR count). The lowest BCUT2D eigenvalue weighted by molar-refractivity contribution is 0.0255. The minimum absolute atomic E-state index is 0.369. The van der Waals surface area contributed by atoms with E-state index in [9.17, 15) is 27.1 Å². The van der Waals surface area contributed by atoms with Gasteiger partial charge in [-0.15, -0.1) is 0 Å². The maximum Gasteiger partial charge on any atom is 0.200 e. The molecule has 0 radical (unpaired) electrons. The zero-order valence-electron chi connectivity index (χ0n) is 12.9. The van der Waals surface area contributed by atoms with Crippen molar-refractivity contribution >= 4 is 0 Å². The lowest BCUT2D eigenvalue weighted by Crippen LogP contribution is -2.50. The van der Waals surface area contributed by atoms with E-state index in [4.69, 9.17) is 0 Å². The highest BCUT2D eigenvalue weighted by molar-refractivity contribution is 5.29. The zero-order chi connectivity index (χ0) is 17.4. The first-order chi connectivity index (χ1) is 10.7. The van der Waals surface area contributed by atoms with Crippen LogP contribution in [0.4, 0.5) is 22.0 Å². The molecule has 1 aliphatic rings. The molecule has 0 unspecified atom stereocenters. The van der Waals surface area contributed by atoms with Crippen molar-refractivity contribution in [3.8, 4) is 0 Å². The Labute approximate surface area is 131 Å². The molecule has 1 atom stereocenters. The first-order valence-corrected chi connectivity index (χ1v) is 7.29. The Morgan fingerprint density at radius 3 is 1.83 bits per heavy atom. The fourth-order valence-corrected chi connectivity index (χ4v) is 2.96. The number of nitrogens with one attached hydrogen (secondary N) is 1. The Morgan fingerprint density at radius 2 is 1.39 bits per heavy atom. The van der Waals surface area contributed by atoms with Gasteiger partial charge in [-0.3, -0.25) is 4.90 Å². The van der Waals surface area contributed by atoms with E-state index in [1.165, 1.54) is 13.8 Å². The van der Waals surface area contributed by atoms with E-state index >= 15 is 0 Å². The number of aliphatic hydroxyl groups excluding tert-OH is 1. The van der Waals surface area contributed by atoms with Gasteiger partial charge in [0.1, 0.15) is 0 Å². The zero-order valence-corrected chi connectivity index (χ0v) is 12.9. The molecule has 0 saturated carbocycles. The molecule has 0 spiro atoms. The maximum absolute atomic E-state index is 14.2. The molecule has 0 aliphatic carbocycles. The molecule has 0 aromatic heterocycles. The van der Waals surface area contributed by atoms with Crippen LogP contribution in [0.25, 0.3) is 0 Å². The van der Waals surface area contributed by atoms with Gasteiger partial charge < -0.3 is 10.4 Å². The van der Waals surface area contributed by atoms with Gasteiger partial charge >= 0.3 is 0 Å². The monoisotopic (exact) mass is 338 g/mol. The molecule has 1 fully saturated rings. The second-order valence-corrected chi connectivity index (χ2v) is 6.32. The summed E-state index contributed by atoms with van der Waals surface area (Å²) in [5.41, 5.74) is -1.99. The van der Waals surface area contributed by atoms with Gasteiger partial charge in [0.25, 0.3) is 0 Å².